The van der Waals surface area contributed by atoms with Crippen LogP contribution in [0.15, 0.2) is 43.1 Å². The van der Waals surface area contributed by atoms with Gasteiger partial charge in [0.1, 0.15) is 0 Å². The third kappa shape index (κ3) is 3.90. The van der Waals surface area contributed by atoms with E-state index in [9.17, 15) is 0 Å². The van der Waals surface area contributed by atoms with E-state index in [0.29, 0.717) is 0 Å². The van der Waals surface area contributed by atoms with E-state index < -0.39 is 0 Å². The molecule has 1 fully saturated rings. The highest BCUT2D eigenvalue weighted by atomic mass is 15.2. The van der Waals surface area contributed by atoms with Crippen LogP contribution in [0.1, 0.15) is 38.2 Å². The maximum Gasteiger partial charge on any atom is 0.0350 e. The fourth-order valence-corrected chi connectivity index (χ4v) is 4.16. The number of hydrogen-bond donors (Lipinski definition) is 0. The topological polar surface area (TPSA) is 6.48 Å². The molecule has 0 amide bonds. The van der Waals surface area contributed by atoms with Crippen LogP contribution < -0.4 is 10.4 Å². The number of rotatable bonds is 6. The third-order valence-electron chi connectivity index (χ3n) is 6.02. The zero-order valence-corrected chi connectivity index (χ0v) is 15.9. The SMILES string of the molecule is C=CCN(C)C(=C)C1(C)CCN(Cc2cccc3c2=CCCC=3)CC1. The van der Waals surface area contributed by atoms with Crippen LogP contribution >= 0.6 is 0 Å². The van der Waals surface area contributed by atoms with E-state index in [0.717, 1.165) is 26.2 Å². The van der Waals surface area contributed by atoms with Gasteiger partial charge in [-0.1, -0.05) is 49.9 Å². The van der Waals surface area contributed by atoms with Gasteiger partial charge in [-0.05, 0) is 54.8 Å². The van der Waals surface area contributed by atoms with Crippen LogP contribution in [-0.4, -0.2) is 36.5 Å². The molecule has 1 aliphatic heterocycles. The minimum Gasteiger partial charge on any atom is -0.374 e. The number of piperidine rings is 1. The Morgan fingerprint density at radius 3 is 2.68 bits per heavy atom. The van der Waals surface area contributed by atoms with E-state index in [1.165, 1.54) is 47.4 Å². The number of nitrogens with zero attached hydrogens (tertiary/aromatic N) is 2. The Hall–Kier alpha value is -1.80. The van der Waals surface area contributed by atoms with Gasteiger partial charge in [0.2, 0.25) is 0 Å². The van der Waals surface area contributed by atoms with Crippen LogP contribution in [0.5, 0.6) is 0 Å². The van der Waals surface area contributed by atoms with E-state index in [1.54, 1.807) is 0 Å². The summed E-state index contributed by atoms with van der Waals surface area (Å²) in [5.74, 6) is 0. The van der Waals surface area contributed by atoms with Gasteiger partial charge in [-0.25, -0.2) is 0 Å². The Labute approximate surface area is 152 Å². The molecular formula is C23H32N2. The summed E-state index contributed by atoms with van der Waals surface area (Å²) in [6, 6.07) is 6.77. The molecular weight excluding hydrogens is 304 g/mol. The molecule has 1 aliphatic carbocycles. The van der Waals surface area contributed by atoms with Crippen molar-refractivity contribution in [3.63, 3.8) is 0 Å². The highest BCUT2D eigenvalue weighted by Gasteiger charge is 2.34. The van der Waals surface area contributed by atoms with Crippen molar-refractivity contribution in [2.75, 3.05) is 26.7 Å². The Kier molecular flexibility index (Phi) is 5.48. The maximum atomic E-state index is 4.39. The molecule has 134 valence electrons. The van der Waals surface area contributed by atoms with Crippen LogP contribution in [0.2, 0.25) is 0 Å². The Balaban J connectivity index is 1.66. The highest BCUT2D eigenvalue weighted by molar-refractivity contribution is 5.41. The predicted molar refractivity (Wildman–Crippen MR) is 108 cm³/mol. The van der Waals surface area contributed by atoms with Crippen molar-refractivity contribution in [1.82, 2.24) is 9.80 Å². The molecule has 0 aromatic heterocycles. The summed E-state index contributed by atoms with van der Waals surface area (Å²) in [5, 5.41) is 2.89. The van der Waals surface area contributed by atoms with Crippen LogP contribution in [0.3, 0.4) is 0 Å². The molecule has 1 heterocycles. The molecule has 0 saturated carbocycles. The van der Waals surface area contributed by atoms with Crippen molar-refractivity contribution in [2.24, 2.45) is 5.41 Å². The van der Waals surface area contributed by atoms with Gasteiger partial charge in [0.05, 0.1) is 0 Å². The normalized spacial score (nSPS) is 19.3. The van der Waals surface area contributed by atoms with Gasteiger partial charge in [-0.3, -0.25) is 4.90 Å². The van der Waals surface area contributed by atoms with Crippen LogP contribution in [-0.2, 0) is 6.54 Å². The summed E-state index contributed by atoms with van der Waals surface area (Å²) in [6.07, 6.45) is 11.5. The molecule has 1 aromatic carbocycles. The first kappa shape index (κ1) is 18.0. The second-order valence-electron chi connectivity index (χ2n) is 7.86. The van der Waals surface area contributed by atoms with Crippen LogP contribution in [0.25, 0.3) is 12.2 Å². The summed E-state index contributed by atoms with van der Waals surface area (Å²) in [4.78, 5) is 4.86. The molecule has 2 aliphatic rings. The van der Waals surface area contributed by atoms with Crippen molar-refractivity contribution in [3.8, 4) is 0 Å². The first-order valence-corrected chi connectivity index (χ1v) is 9.55. The first-order chi connectivity index (χ1) is 12.0. The molecule has 0 bridgehead atoms. The Morgan fingerprint density at radius 2 is 1.96 bits per heavy atom. The Bertz CT molecular complexity index is 751. The minimum absolute atomic E-state index is 0.213. The lowest BCUT2D eigenvalue weighted by atomic mass is 9.77. The van der Waals surface area contributed by atoms with Crippen molar-refractivity contribution < 1.29 is 0 Å². The molecule has 0 unspecified atom stereocenters. The van der Waals surface area contributed by atoms with Gasteiger partial charge < -0.3 is 4.90 Å². The second-order valence-corrected chi connectivity index (χ2v) is 7.86. The van der Waals surface area contributed by atoms with Gasteiger partial charge in [0, 0.05) is 31.2 Å². The van der Waals surface area contributed by atoms with E-state index in [-0.39, 0.29) is 5.41 Å². The lowest BCUT2D eigenvalue weighted by Crippen LogP contribution is -2.43. The summed E-state index contributed by atoms with van der Waals surface area (Å²) in [7, 11) is 2.13. The molecule has 2 nitrogen and oxygen atoms in total. The predicted octanol–water partition coefficient (Wildman–Crippen LogP) is 3.28. The first-order valence-electron chi connectivity index (χ1n) is 9.55. The molecule has 3 rings (SSSR count). The molecule has 2 heteroatoms. The second kappa shape index (κ2) is 7.61. The highest BCUT2D eigenvalue weighted by Crippen LogP contribution is 2.38. The fraction of sp³-hybridized carbons (Fsp3) is 0.478. The molecule has 1 saturated heterocycles. The summed E-state index contributed by atoms with van der Waals surface area (Å²) >= 11 is 0. The van der Waals surface area contributed by atoms with Gasteiger partial charge in [0.25, 0.3) is 0 Å². The van der Waals surface area contributed by atoms with Gasteiger partial charge in [-0.2, -0.15) is 0 Å². The van der Waals surface area contributed by atoms with E-state index >= 15 is 0 Å². The van der Waals surface area contributed by atoms with Gasteiger partial charge in [0.15, 0.2) is 0 Å². The Morgan fingerprint density at radius 1 is 1.24 bits per heavy atom. The molecule has 0 radical (unpaired) electrons. The van der Waals surface area contributed by atoms with Crippen molar-refractivity contribution in [1.29, 1.82) is 0 Å². The van der Waals surface area contributed by atoms with E-state index in [2.05, 4.69) is 67.3 Å². The number of likely N-dealkylation sites (tertiary alicyclic amines) is 1. The largest absolute Gasteiger partial charge is 0.374 e. The summed E-state index contributed by atoms with van der Waals surface area (Å²) in [6.45, 7) is 14.8. The zero-order chi connectivity index (χ0) is 17.9. The van der Waals surface area contributed by atoms with E-state index in [4.69, 9.17) is 0 Å². The number of benzene rings is 1. The monoisotopic (exact) mass is 336 g/mol. The van der Waals surface area contributed by atoms with E-state index in [1.807, 2.05) is 6.08 Å². The van der Waals surface area contributed by atoms with Crippen molar-refractivity contribution in [2.45, 2.75) is 39.2 Å². The quantitative estimate of drug-likeness (QED) is 0.736. The lowest BCUT2D eigenvalue weighted by Gasteiger charge is -2.43. The number of allylic oxidation sites excluding steroid dienone is 1. The molecule has 0 atom stereocenters. The van der Waals surface area contributed by atoms with Gasteiger partial charge in [-0.15, -0.1) is 6.58 Å². The number of likely N-dealkylation sites (N-methyl/N-ethyl adjacent to an activating group) is 1. The third-order valence-corrected chi connectivity index (χ3v) is 6.02. The maximum absolute atomic E-state index is 4.39. The minimum atomic E-state index is 0.213. The average Bonchev–Trinajstić information content (AvgIpc) is 2.63. The molecule has 25 heavy (non-hydrogen) atoms. The number of fused-ring (bicyclic) bond motifs is 1. The van der Waals surface area contributed by atoms with Gasteiger partial charge >= 0.3 is 0 Å². The molecule has 1 aromatic rings. The lowest BCUT2D eigenvalue weighted by molar-refractivity contribution is 0.118. The molecule has 0 N–H and O–H groups in total. The summed E-state index contributed by atoms with van der Waals surface area (Å²) in [5.41, 5.74) is 2.95. The van der Waals surface area contributed by atoms with Crippen molar-refractivity contribution in [3.05, 3.63) is 59.1 Å². The summed E-state index contributed by atoms with van der Waals surface area (Å²) < 4.78 is 0. The fourth-order valence-electron chi connectivity index (χ4n) is 4.16. The molecule has 0 spiro atoms. The van der Waals surface area contributed by atoms with Crippen LogP contribution in [0.4, 0.5) is 0 Å². The smallest absolute Gasteiger partial charge is 0.0350 e. The number of hydrogen-bond acceptors (Lipinski definition) is 2. The zero-order valence-electron chi connectivity index (χ0n) is 15.9. The van der Waals surface area contributed by atoms with Crippen LogP contribution in [0, 0.1) is 5.41 Å². The standard InChI is InChI=1S/C23H32N2/c1-5-15-24(4)19(2)23(3)13-16-25(17-14-23)18-21-11-8-10-20-9-6-7-12-22(20)21/h5,8-12H,1-2,6-7,13-18H2,3-4H3. The van der Waals surface area contributed by atoms with Crippen molar-refractivity contribution >= 4 is 12.2 Å². The average molecular weight is 337 g/mol.